The van der Waals surface area contributed by atoms with Crippen LogP contribution in [0.5, 0.6) is 0 Å². The van der Waals surface area contributed by atoms with E-state index >= 15 is 0 Å². The van der Waals surface area contributed by atoms with E-state index in [4.69, 9.17) is 14.2 Å². The van der Waals surface area contributed by atoms with Crippen LogP contribution in [0, 0.1) is 0 Å². The summed E-state index contributed by atoms with van der Waals surface area (Å²) in [4.78, 5) is 38.2. The number of rotatable bonds is 53. The maximum Gasteiger partial charge on any atom is 0.306 e. The van der Waals surface area contributed by atoms with E-state index in [1.54, 1.807) is 0 Å². The topological polar surface area (TPSA) is 78.9 Å². The van der Waals surface area contributed by atoms with Crippen molar-refractivity contribution in [3.8, 4) is 0 Å². The Hall–Kier alpha value is -2.63. The zero-order chi connectivity index (χ0) is 48.6. The van der Waals surface area contributed by atoms with Crippen LogP contribution < -0.4 is 0 Å². The molecule has 6 heteroatoms. The molecule has 1 atom stereocenters. The Morgan fingerprint density at radius 1 is 0.299 bits per heavy atom. The zero-order valence-electron chi connectivity index (χ0n) is 44.7. The molecule has 0 aliphatic rings. The summed E-state index contributed by atoms with van der Waals surface area (Å²) in [6, 6.07) is 0. The van der Waals surface area contributed by atoms with E-state index in [0.717, 1.165) is 70.6 Å². The fourth-order valence-electron chi connectivity index (χ4n) is 8.35. The van der Waals surface area contributed by atoms with Crippen molar-refractivity contribution in [2.45, 2.75) is 309 Å². The summed E-state index contributed by atoms with van der Waals surface area (Å²) >= 11 is 0. The Labute approximate surface area is 416 Å². The van der Waals surface area contributed by atoms with Crippen LogP contribution in [0.3, 0.4) is 0 Å². The molecule has 0 spiro atoms. The number of unbranched alkanes of at least 4 members (excludes halogenated alkanes) is 34. The van der Waals surface area contributed by atoms with Crippen LogP contribution in [-0.4, -0.2) is 37.2 Å². The smallest absolute Gasteiger partial charge is 0.306 e. The second-order valence-corrected chi connectivity index (χ2v) is 19.5. The molecule has 0 rings (SSSR count). The van der Waals surface area contributed by atoms with E-state index in [1.807, 2.05) is 0 Å². The standard InChI is InChI=1S/C61H110O6/c1-4-7-10-13-16-19-22-25-28-29-30-31-34-36-39-42-45-48-51-54-60(63)66-57-58(67-61(64)55-52-49-46-43-40-37-33-27-24-21-18-15-12-9-6-3)56-65-59(62)53-50-47-44-41-38-35-32-26-23-20-17-14-11-8-5-2/h16,19-20,23,25,27-28,33,58H,4-15,17-18,21-22,24,26,29-32,34-57H2,1-3H3/b19-16-,23-20-,28-25-,33-27-/t58-/m0/s1. The maximum absolute atomic E-state index is 12.8. The van der Waals surface area contributed by atoms with Gasteiger partial charge >= 0.3 is 17.9 Å². The summed E-state index contributed by atoms with van der Waals surface area (Å²) in [5.41, 5.74) is 0. The van der Waals surface area contributed by atoms with E-state index in [9.17, 15) is 14.4 Å². The molecule has 0 bridgehead atoms. The second kappa shape index (κ2) is 56.0. The van der Waals surface area contributed by atoms with E-state index in [2.05, 4.69) is 69.4 Å². The van der Waals surface area contributed by atoms with E-state index in [0.29, 0.717) is 19.3 Å². The molecule has 67 heavy (non-hydrogen) atoms. The molecule has 0 saturated heterocycles. The minimum absolute atomic E-state index is 0.0784. The van der Waals surface area contributed by atoms with Gasteiger partial charge in [-0.15, -0.1) is 0 Å². The van der Waals surface area contributed by atoms with Gasteiger partial charge in [-0.2, -0.15) is 0 Å². The lowest BCUT2D eigenvalue weighted by Crippen LogP contribution is -2.30. The molecule has 0 aromatic heterocycles. The van der Waals surface area contributed by atoms with Crippen molar-refractivity contribution in [3.05, 3.63) is 48.6 Å². The molecule has 0 aliphatic heterocycles. The Kier molecular flexibility index (Phi) is 53.8. The minimum atomic E-state index is -0.780. The van der Waals surface area contributed by atoms with Gasteiger partial charge < -0.3 is 14.2 Å². The largest absolute Gasteiger partial charge is 0.462 e. The number of esters is 3. The van der Waals surface area contributed by atoms with Gasteiger partial charge in [-0.1, -0.05) is 230 Å². The van der Waals surface area contributed by atoms with Crippen LogP contribution in [0.2, 0.25) is 0 Å². The molecule has 0 unspecified atom stereocenters. The number of ether oxygens (including phenoxy) is 3. The van der Waals surface area contributed by atoms with Crippen molar-refractivity contribution < 1.29 is 28.6 Å². The van der Waals surface area contributed by atoms with Crippen LogP contribution in [0.1, 0.15) is 303 Å². The summed E-state index contributed by atoms with van der Waals surface area (Å²) in [5.74, 6) is -0.882. The van der Waals surface area contributed by atoms with Gasteiger partial charge in [0.15, 0.2) is 6.10 Å². The first-order valence-electron chi connectivity index (χ1n) is 29.1. The van der Waals surface area contributed by atoms with Crippen molar-refractivity contribution in [3.63, 3.8) is 0 Å². The fourth-order valence-corrected chi connectivity index (χ4v) is 8.35. The normalized spacial score (nSPS) is 12.3. The molecular weight excluding hydrogens is 829 g/mol. The third-order valence-corrected chi connectivity index (χ3v) is 12.8. The highest BCUT2D eigenvalue weighted by Gasteiger charge is 2.19. The predicted octanol–water partition coefficient (Wildman–Crippen LogP) is 19.4. The van der Waals surface area contributed by atoms with Crippen molar-refractivity contribution in [1.29, 1.82) is 0 Å². The summed E-state index contributed by atoms with van der Waals surface area (Å²) in [7, 11) is 0. The summed E-state index contributed by atoms with van der Waals surface area (Å²) in [6.07, 6.45) is 68.1. The fraction of sp³-hybridized carbons (Fsp3) is 0.820. The SMILES string of the molecule is CCCCC/C=C\C/C=C\CCCCCCCCCCCC(=O)OC[C@H](COC(=O)CCCCCCCCC/C=C\CCCCCC)OC(=O)CCCCCCC/C=C\CCCCCCCC. The minimum Gasteiger partial charge on any atom is -0.462 e. The lowest BCUT2D eigenvalue weighted by atomic mass is 10.1. The van der Waals surface area contributed by atoms with Gasteiger partial charge in [0.25, 0.3) is 0 Å². The molecule has 0 N–H and O–H groups in total. The molecule has 390 valence electrons. The third kappa shape index (κ3) is 54.2. The molecule has 0 aromatic rings. The van der Waals surface area contributed by atoms with Gasteiger partial charge in [0.1, 0.15) is 13.2 Å². The maximum atomic E-state index is 12.8. The highest BCUT2D eigenvalue weighted by Crippen LogP contribution is 2.15. The van der Waals surface area contributed by atoms with Crippen molar-refractivity contribution in [2.75, 3.05) is 13.2 Å². The van der Waals surface area contributed by atoms with E-state index < -0.39 is 6.10 Å². The highest BCUT2D eigenvalue weighted by atomic mass is 16.6. The second-order valence-electron chi connectivity index (χ2n) is 19.5. The Morgan fingerprint density at radius 3 is 0.881 bits per heavy atom. The molecule has 0 radical (unpaired) electrons. The van der Waals surface area contributed by atoms with Crippen molar-refractivity contribution >= 4 is 17.9 Å². The van der Waals surface area contributed by atoms with E-state index in [-0.39, 0.29) is 31.1 Å². The summed E-state index contributed by atoms with van der Waals surface area (Å²) < 4.78 is 16.9. The Bertz CT molecular complexity index is 1170. The summed E-state index contributed by atoms with van der Waals surface area (Å²) in [6.45, 7) is 6.61. The third-order valence-electron chi connectivity index (χ3n) is 12.8. The van der Waals surface area contributed by atoms with Gasteiger partial charge in [-0.3, -0.25) is 14.4 Å². The van der Waals surface area contributed by atoms with Gasteiger partial charge in [-0.05, 0) is 103 Å². The number of carbonyl (C=O) groups excluding carboxylic acids is 3. The molecule has 0 fully saturated rings. The number of allylic oxidation sites excluding steroid dienone is 8. The quantitative estimate of drug-likeness (QED) is 0.0262. The lowest BCUT2D eigenvalue weighted by Gasteiger charge is -2.18. The Morgan fingerprint density at radius 2 is 0.537 bits per heavy atom. The van der Waals surface area contributed by atoms with Gasteiger partial charge in [0.2, 0.25) is 0 Å². The van der Waals surface area contributed by atoms with Gasteiger partial charge in [0, 0.05) is 19.3 Å². The van der Waals surface area contributed by atoms with Gasteiger partial charge in [0.05, 0.1) is 0 Å². The van der Waals surface area contributed by atoms with Crippen LogP contribution in [0.25, 0.3) is 0 Å². The van der Waals surface area contributed by atoms with Crippen molar-refractivity contribution in [2.24, 2.45) is 0 Å². The van der Waals surface area contributed by atoms with Crippen molar-refractivity contribution in [1.82, 2.24) is 0 Å². The van der Waals surface area contributed by atoms with Crippen LogP contribution >= 0.6 is 0 Å². The molecular formula is C61H110O6. The lowest BCUT2D eigenvalue weighted by molar-refractivity contribution is -0.167. The highest BCUT2D eigenvalue weighted by molar-refractivity contribution is 5.71. The molecule has 0 amide bonds. The average Bonchev–Trinajstić information content (AvgIpc) is 3.33. The van der Waals surface area contributed by atoms with Gasteiger partial charge in [-0.25, -0.2) is 0 Å². The first-order valence-corrected chi connectivity index (χ1v) is 29.1. The van der Waals surface area contributed by atoms with Crippen LogP contribution in [0.15, 0.2) is 48.6 Å². The zero-order valence-corrected chi connectivity index (χ0v) is 44.7. The first-order chi connectivity index (χ1) is 33.0. The first kappa shape index (κ1) is 64.4. The number of hydrogen-bond acceptors (Lipinski definition) is 6. The molecule has 6 nitrogen and oxygen atoms in total. The Balaban J connectivity index is 4.36. The van der Waals surface area contributed by atoms with Crippen LogP contribution in [-0.2, 0) is 28.6 Å². The molecule has 0 heterocycles. The monoisotopic (exact) mass is 939 g/mol. The molecule has 0 aliphatic carbocycles. The molecule has 0 aromatic carbocycles. The number of carbonyl (C=O) groups is 3. The number of hydrogen-bond donors (Lipinski definition) is 0. The van der Waals surface area contributed by atoms with E-state index in [1.165, 1.54) is 193 Å². The summed E-state index contributed by atoms with van der Waals surface area (Å²) in [5, 5.41) is 0. The molecule has 0 saturated carbocycles. The van der Waals surface area contributed by atoms with Crippen LogP contribution in [0.4, 0.5) is 0 Å². The average molecular weight is 940 g/mol. The predicted molar refractivity (Wildman–Crippen MR) is 289 cm³/mol.